The predicted octanol–water partition coefficient (Wildman–Crippen LogP) is 0.353. The summed E-state index contributed by atoms with van der Waals surface area (Å²) in [4.78, 5) is 24.0. The lowest BCUT2D eigenvalue weighted by molar-refractivity contribution is -0.127. The van der Waals surface area contributed by atoms with Crippen LogP contribution in [0, 0.1) is 5.92 Å². The van der Waals surface area contributed by atoms with Gasteiger partial charge in [0.05, 0.1) is 13.1 Å². The van der Waals surface area contributed by atoms with Crippen LogP contribution < -0.4 is 5.32 Å². The van der Waals surface area contributed by atoms with Crippen LogP contribution in [-0.4, -0.2) is 43.1 Å². The van der Waals surface area contributed by atoms with Gasteiger partial charge in [0.25, 0.3) is 0 Å². The first-order valence-corrected chi connectivity index (χ1v) is 5.36. The maximum atomic E-state index is 11.5. The molecule has 2 amide bonds. The molecule has 0 radical (unpaired) electrons. The number of ether oxygens (including phenoxy) is 1. The molecule has 84 valence electrons. The van der Waals surface area contributed by atoms with Crippen molar-refractivity contribution in [2.24, 2.45) is 5.92 Å². The molecule has 1 atom stereocenters. The van der Waals surface area contributed by atoms with Crippen molar-refractivity contribution in [3.63, 3.8) is 0 Å². The fourth-order valence-corrected chi connectivity index (χ4v) is 1.79. The van der Waals surface area contributed by atoms with E-state index in [-0.39, 0.29) is 24.0 Å². The minimum absolute atomic E-state index is 0.104. The van der Waals surface area contributed by atoms with Crippen molar-refractivity contribution in [3.8, 4) is 0 Å². The van der Waals surface area contributed by atoms with Crippen LogP contribution in [0.4, 0.5) is 4.79 Å². The van der Waals surface area contributed by atoms with E-state index in [1.54, 1.807) is 7.05 Å². The third-order valence-electron chi connectivity index (χ3n) is 3.04. The molecule has 2 rings (SSSR count). The minimum Gasteiger partial charge on any atom is -0.442 e. The first-order valence-electron chi connectivity index (χ1n) is 5.36. The van der Waals surface area contributed by atoms with E-state index in [9.17, 15) is 9.59 Å². The molecule has 1 N–H and O–H groups in total. The molecule has 0 aromatic rings. The highest BCUT2D eigenvalue weighted by atomic mass is 16.6. The smallest absolute Gasteiger partial charge is 0.410 e. The normalized spacial score (nSPS) is 26.1. The quantitative estimate of drug-likeness (QED) is 0.734. The van der Waals surface area contributed by atoms with E-state index in [1.165, 1.54) is 4.90 Å². The van der Waals surface area contributed by atoms with E-state index in [1.807, 2.05) is 0 Å². The molecule has 1 heterocycles. The second kappa shape index (κ2) is 4.08. The lowest BCUT2D eigenvalue weighted by Crippen LogP contribution is -2.39. The largest absolute Gasteiger partial charge is 0.442 e. The number of rotatable bonds is 3. The van der Waals surface area contributed by atoms with Gasteiger partial charge in [-0.15, -0.1) is 0 Å². The van der Waals surface area contributed by atoms with Crippen LogP contribution in [0.25, 0.3) is 0 Å². The lowest BCUT2D eigenvalue weighted by atomic mass is 9.85. The van der Waals surface area contributed by atoms with E-state index in [2.05, 4.69) is 5.32 Å². The van der Waals surface area contributed by atoms with Gasteiger partial charge in [-0.05, 0) is 12.8 Å². The van der Waals surface area contributed by atoms with Crippen LogP contribution in [-0.2, 0) is 9.53 Å². The van der Waals surface area contributed by atoms with Gasteiger partial charge in [0.15, 0.2) is 0 Å². The monoisotopic (exact) mass is 212 g/mol. The van der Waals surface area contributed by atoms with E-state index in [0.29, 0.717) is 13.1 Å². The van der Waals surface area contributed by atoms with Gasteiger partial charge in [-0.3, -0.25) is 4.79 Å². The highest BCUT2D eigenvalue weighted by molar-refractivity contribution is 5.79. The average Bonchev–Trinajstić information content (AvgIpc) is 2.40. The fraction of sp³-hybridized carbons (Fsp3) is 0.800. The summed E-state index contributed by atoms with van der Waals surface area (Å²) in [5, 5.41) is 2.82. The Morgan fingerprint density at radius 2 is 2.33 bits per heavy atom. The molecule has 5 heteroatoms. The molecule has 2 fully saturated rings. The summed E-state index contributed by atoms with van der Waals surface area (Å²) in [5.74, 6) is 0.298. The van der Waals surface area contributed by atoms with Crippen molar-refractivity contribution >= 4 is 12.0 Å². The molecule has 5 nitrogen and oxygen atoms in total. The SMILES string of the molecule is CN1CC(CNC(=O)C2CCC2)OC1=O. The van der Waals surface area contributed by atoms with Gasteiger partial charge in [0.1, 0.15) is 6.10 Å². The molecular formula is C10H16N2O3. The van der Waals surface area contributed by atoms with Gasteiger partial charge < -0.3 is 15.0 Å². The molecule has 0 aromatic heterocycles. The second-order valence-corrected chi connectivity index (χ2v) is 4.26. The molecule has 1 saturated heterocycles. The van der Waals surface area contributed by atoms with E-state index < -0.39 is 0 Å². The van der Waals surface area contributed by atoms with Crippen molar-refractivity contribution in [3.05, 3.63) is 0 Å². The van der Waals surface area contributed by atoms with Crippen molar-refractivity contribution < 1.29 is 14.3 Å². The van der Waals surface area contributed by atoms with E-state index >= 15 is 0 Å². The molecule has 1 aliphatic heterocycles. The number of carbonyl (C=O) groups excluding carboxylic acids is 2. The lowest BCUT2D eigenvalue weighted by Gasteiger charge is -2.24. The summed E-state index contributed by atoms with van der Waals surface area (Å²) in [6, 6.07) is 0. The van der Waals surface area contributed by atoms with Crippen molar-refractivity contribution in [2.45, 2.75) is 25.4 Å². The molecule has 2 aliphatic rings. The van der Waals surface area contributed by atoms with Crippen molar-refractivity contribution in [2.75, 3.05) is 20.1 Å². The highest BCUT2D eigenvalue weighted by Gasteiger charge is 2.30. The third-order valence-corrected chi connectivity index (χ3v) is 3.04. The molecule has 0 spiro atoms. The van der Waals surface area contributed by atoms with Gasteiger partial charge in [-0.25, -0.2) is 4.79 Å². The fourth-order valence-electron chi connectivity index (χ4n) is 1.79. The Labute approximate surface area is 88.8 Å². The minimum atomic E-state index is -0.308. The van der Waals surface area contributed by atoms with Crippen molar-refractivity contribution in [1.29, 1.82) is 0 Å². The zero-order valence-electron chi connectivity index (χ0n) is 8.86. The van der Waals surface area contributed by atoms with Gasteiger partial charge in [0, 0.05) is 13.0 Å². The first kappa shape index (κ1) is 10.3. The Morgan fingerprint density at radius 3 is 2.80 bits per heavy atom. The molecule has 0 aromatic carbocycles. The highest BCUT2D eigenvalue weighted by Crippen LogP contribution is 2.26. The summed E-state index contributed by atoms with van der Waals surface area (Å²) >= 11 is 0. The number of hydrogen-bond acceptors (Lipinski definition) is 3. The summed E-state index contributed by atoms with van der Waals surface area (Å²) in [6.07, 6.45) is 2.65. The average molecular weight is 212 g/mol. The maximum Gasteiger partial charge on any atom is 0.410 e. The molecule has 0 bridgehead atoms. The molecule has 15 heavy (non-hydrogen) atoms. The van der Waals surface area contributed by atoms with Crippen LogP contribution >= 0.6 is 0 Å². The maximum absolute atomic E-state index is 11.5. The molecule has 1 saturated carbocycles. The van der Waals surface area contributed by atoms with E-state index in [0.717, 1.165) is 19.3 Å². The van der Waals surface area contributed by atoms with Crippen LogP contribution in [0.3, 0.4) is 0 Å². The number of hydrogen-bond donors (Lipinski definition) is 1. The number of nitrogens with one attached hydrogen (secondary N) is 1. The molecule has 1 aliphatic carbocycles. The van der Waals surface area contributed by atoms with Gasteiger partial charge in [0.2, 0.25) is 5.91 Å². The van der Waals surface area contributed by atoms with Crippen molar-refractivity contribution in [1.82, 2.24) is 10.2 Å². The number of carbonyl (C=O) groups is 2. The summed E-state index contributed by atoms with van der Waals surface area (Å²) in [6.45, 7) is 0.995. The van der Waals surface area contributed by atoms with Crippen LogP contribution in [0.15, 0.2) is 0 Å². The molecular weight excluding hydrogens is 196 g/mol. The Hall–Kier alpha value is -1.26. The summed E-state index contributed by atoms with van der Waals surface area (Å²) in [7, 11) is 1.69. The zero-order chi connectivity index (χ0) is 10.8. The summed E-state index contributed by atoms with van der Waals surface area (Å²) < 4.78 is 5.03. The standard InChI is InChI=1S/C10H16N2O3/c1-12-6-8(15-10(12)14)5-11-9(13)7-3-2-4-7/h7-8H,2-6H2,1H3,(H,11,13). The Bertz CT molecular complexity index is 276. The topological polar surface area (TPSA) is 58.6 Å². The Balaban J connectivity index is 1.69. The molecule has 1 unspecified atom stereocenters. The third kappa shape index (κ3) is 2.22. The number of amides is 2. The summed E-state index contributed by atoms with van der Waals surface area (Å²) in [5.41, 5.74) is 0. The Morgan fingerprint density at radius 1 is 1.60 bits per heavy atom. The second-order valence-electron chi connectivity index (χ2n) is 4.26. The van der Waals surface area contributed by atoms with Crippen LogP contribution in [0.5, 0.6) is 0 Å². The van der Waals surface area contributed by atoms with Gasteiger partial charge in [-0.2, -0.15) is 0 Å². The van der Waals surface area contributed by atoms with Crippen LogP contribution in [0.1, 0.15) is 19.3 Å². The van der Waals surface area contributed by atoms with Gasteiger partial charge >= 0.3 is 6.09 Å². The zero-order valence-corrected chi connectivity index (χ0v) is 8.86. The number of cyclic esters (lactones) is 1. The predicted molar refractivity (Wildman–Crippen MR) is 53.2 cm³/mol. The number of nitrogens with zero attached hydrogens (tertiary/aromatic N) is 1. The number of likely N-dealkylation sites (N-methyl/N-ethyl adjacent to an activating group) is 1. The van der Waals surface area contributed by atoms with Gasteiger partial charge in [-0.1, -0.05) is 6.42 Å². The van der Waals surface area contributed by atoms with E-state index in [4.69, 9.17) is 4.74 Å². The van der Waals surface area contributed by atoms with Crippen LogP contribution in [0.2, 0.25) is 0 Å². The Kier molecular flexibility index (Phi) is 2.79. The first-order chi connectivity index (χ1) is 7.16.